The van der Waals surface area contributed by atoms with Crippen LogP contribution in [0.4, 0.5) is 0 Å². The molecule has 0 radical (unpaired) electrons. The van der Waals surface area contributed by atoms with E-state index in [9.17, 15) is 0 Å². The zero-order valence-corrected chi connectivity index (χ0v) is 8.21. The standard InChI is InChI=1S/C9H11N3S/c1-3-12-9(4-5-10-7-13)8(2)6-11-12/h3-7H,1H2,2H3,(H,10,13)/b5-4-. The molecule has 0 unspecified atom stereocenters. The zero-order chi connectivity index (χ0) is 9.68. The van der Waals surface area contributed by atoms with E-state index < -0.39 is 0 Å². The molecule has 3 nitrogen and oxygen atoms in total. The molecule has 1 rings (SSSR count). The Kier molecular flexibility index (Phi) is 3.40. The summed E-state index contributed by atoms with van der Waals surface area (Å²) in [6, 6.07) is 0. The van der Waals surface area contributed by atoms with Crippen molar-refractivity contribution in [1.82, 2.24) is 15.1 Å². The average Bonchev–Trinajstić information content (AvgIpc) is 2.48. The number of aromatic nitrogens is 2. The van der Waals surface area contributed by atoms with Gasteiger partial charge in [0.1, 0.15) is 0 Å². The lowest BCUT2D eigenvalue weighted by Crippen LogP contribution is -1.98. The molecule has 0 saturated carbocycles. The van der Waals surface area contributed by atoms with Crippen LogP contribution in [-0.4, -0.2) is 15.3 Å². The van der Waals surface area contributed by atoms with Crippen LogP contribution in [0.25, 0.3) is 12.3 Å². The summed E-state index contributed by atoms with van der Waals surface area (Å²) in [7, 11) is 0. The SMILES string of the molecule is C=Cn1ncc(C)c1/C=C\NC=S. The van der Waals surface area contributed by atoms with Gasteiger partial charge in [0, 0.05) is 12.4 Å². The summed E-state index contributed by atoms with van der Waals surface area (Å²) in [4.78, 5) is 0. The van der Waals surface area contributed by atoms with Crippen LogP contribution >= 0.6 is 12.2 Å². The quantitative estimate of drug-likeness (QED) is 0.740. The van der Waals surface area contributed by atoms with Gasteiger partial charge in [0.15, 0.2) is 0 Å². The molecule has 0 atom stereocenters. The van der Waals surface area contributed by atoms with E-state index in [-0.39, 0.29) is 0 Å². The van der Waals surface area contributed by atoms with E-state index in [1.165, 1.54) is 5.49 Å². The molecule has 0 amide bonds. The van der Waals surface area contributed by atoms with Crippen molar-refractivity contribution >= 4 is 30.0 Å². The first-order chi connectivity index (χ1) is 6.29. The van der Waals surface area contributed by atoms with Gasteiger partial charge in [0.2, 0.25) is 0 Å². The predicted molar refractivity (Wildman–Crippen MR) is 59.2 cm³/mol. The van der Waals surface area contributed by atoms with E-state index >= 15 is 0 Å². The first-order valence-electron chi connectivity index (χ1n) is 3.82. The van der Waals surface area contributed by atoms with Crippen LogP contribution in [0.1, 0.15) is 11.3 Å². The van der Waals surface area contributed by atoms with Crippen molar-refractivity contribution in [2.75, 3.05) is 0 Å². The second kappa shape index (κ2) is 4.57. The van der Waals surface area contributed by atoms with Gasteiger partial charge in [-0.3, -0.25) is 0 Å². The summed E-state index contributed by atoms with van der Waals surface area (Å²) < 4.78 is 1.71. The van der Waals surface area contributed by atoms with Gasteiger partial charge in [-0.1, -0.05) is 18.8 Å². The van der Waals surface area contributed by atoms with Crippen molar-refractivity contribution in [3.05, 3.63) is 30.2 Å². The minimum atomic E-state index is 0.999. The molecule has 68 valence electrons. The lowest BCUT2D eigenvalue weighted by molar-refractivity contribution is 0.925. The van der Waals surface area contributed by atoms with Gasteiger partial charge < -0.3 is 5.32 Å². The van der Waals surface area contributed by atoms with Gasteiger partial charge in [-0.15, -0.1) is 0 Å². The second-order valence-electron chi connectivity index (χ2n) is 2.46. The molecular formula is C9H11N3S. The van der Waals surface area contributed by atoms with Gasteiger partial charge in [0.05, 0.1) is 17.4 Å². The van der Waals surface area contributed by atoms with Crippen molar-refractivity contribution in [3.8, 4) is 0 Å². The molecule has 0 bridgehead atoms. The molecule has 0 aliphatic rings. The highest BCUT2D eigenvalue weighted by Gasteiger charge is 1.99. The Bertz CT molecular complexity index is 339. The molecule has 0 aliphatic carbocycles. The van der Waals surface area contributed by atoms with Crippen LogP contribution in [0.15, 0.2) is 19.0 Å². The third kappa shape index (κ3) is 2.26. The second-order valence-corrected chi connectivity index (χ2v) is 2.69. The molecule has 4 heteroatoms. The van der Waals surface area contributed by atoms with E-state index in [4.69, 9.17) is 0 Å². The third-order valence-corrected chi connectivity index (χ3v) is 1.74. The highest BCUT2D eigenvalue weighted by molar-refractivity contribution is 7.78. The Balaban J connectivity index is 2.90. The largest absolute Gasteiger partial charge is 0.359 e. The van der Waals surface area contributed by atoms with E-state index in [0.29, 0.717) is 0 Å². The van der Waals surface area contributed by atoms with Crippen molar-refractivity contribution in [2.45, 2.75) is 6.92 Å². The summed E-state index contributed by atoms with van der Waals surface area (Å²) in [5, 5.41) is 6.90. The van der Waals surface area contributed by atoms with Crippen LogP contribution < -0.4 is 5.32 Å². The number of nitrogens with one attached hydrogen (secondary N) is 1. The maximum absolute atomic E-state index is 4.61. The van der Waals surface area contributed by atoms with Gasteiger partial charge in [-0.05, 0) is 18.6 Å². The van der Waals surface area contributed by atoms with Crippen molar-refractivity contribution < 1.29 is 0 Å². The predicted octanol–water partition coefficient (Wildman–Crippen LogP) is 1.81. The van der Waals surface area contributed by atoms with Crippen LogP contribution in [0.3, 0.4) is 0 Å². The van der Waals surface area contributed by atoms with E-state index in [2.05, 4.69) is 29.2 Å². The molecule has 1 heterocycles. The van der Waals surface area contributed by atoms with E-state index in [0.717, 1.165) is 11.3 Å². The van der Waals surface area contributed by atoms with Crippen molar-refractivity contribution in [2.24, 2.45) is 0 Å². The molecule has 1 aromatic rings. The van der Waals surface area contributed by atoms with Crippen LogP contribution in [-0.2, 0) is 0 Å². The molecule has 1 aromatic heterocycles. The highest BCUT2D eigenvalue weighted by atomic mass is 32.1. The summed E-state index contributed by atoms with van der Waals surface area (Å²) in [6.07, 6.45) is 7.10. The Morgan fingerprint density at radius 3 is 3.08 bits per heavy atom. The Morgan fingerprint density at radius 2 is 2.46 bits per heavy atom. The van der Waals surface area contributed by atoms with Crippen LogP contribution in [0.2, 0.25) is 0 Å². The van der Waals surface area contributed by atoms with Crippen LogP contribution in [0, 0.1) is 6.92 Å². The summed E-state index contributed by atoms with van der Waals surface area (Å²) in [6.45, 7) is 5.64. The topological polar surface area (TPSA) is 29.9 Å². The fourth-order valence-electron chi connectivity index (χ4n) is 0.977. The van der Waals surface area contributed by atoms with E-state index in [1.54, 1.807) is 23.3 Å². The van der Waals surface area contributed by atoms with Gasteiger partial charge in [-0.25, -0.2) is 4.68 Å². The minimum absolute atomic E-state index is 0.999. The summed E-state index contributed by atoms with van der Waals surface area (Å²) in [5.74, 6) is 0. The fraction of sp³-hybridized carbons (Fsp3) is 0.111. The molecule has 0 saturated heterocycles. The minimum Gasteiger partial charge on any atom is -0.359 e. The normalized spacial score (nSPS) is 10.2. The Morgan fingerprint density at radius 1 is 1.69 bits per heavy atom. The Hall–Kier alpha value is -1.42. The van der Waals surface area contributed by atoms with Crippen molar-refractivity contribution in [1.29, 1.82) is 0 Å². The van der Waals surface area contributed by atoms with Crippen LogP contribution in [0.5, 0.6) is 0 Å². The van der Waals surface area contributed by atoms with Gasteiger partial charge >= 0.3 is 0 Å². The highest BCUT2D eigenvalue weighted by Crippen LogP contribution is 2.08. The van der Waals surface area contributed by atoms with Gasteiger partial charge in [-0.2, -0.15) is 5.10 Å². The Labute approximate surface area is 82.8 Å². The first-order valence-corrected chi connectivity index (χ1v) is 4.29. The number of rotatable bonds is 4. The lowest BCUT2D eigenvalue weighted by Gasteiger charge is -1.96. The molecule has 0 fully saturated rings. The number of thiocarbonyl (C=S) groups is 1. The first kappa shape index (κ1) is 9.67. The lowest BCUT2D eigenvalue weighted by atomic mass is 10.3. The molecule has 13 heavy (non-hydrogen) atoms. The molecule has 1 N–H and O–H groups in total. The molecule has 0 spiro atoms. The summed E-state index contributed by atoms with van der Waals surface area (Å²) in [5.41, 5.74) is 3.54. The number of aryl methyl sites for hydroxylation is 1. The number of hydrogen-bond acceptors (Lipinski definition) is 2. The molecular weight excluding hydrogens is 182 g/mol. The smallest absolute Gasteiger partial charge is 0.0704 e. The maximum atomic E-state index is 4.61. The summed E-state index contributed by atoms with van der Waals surface area (Å²) >= 11 is 4.61. The number of nitrogens with zero attached hydrogens (tertiary/aromatic N) is 2. The molecule has 0 aliphatic heterocycles. The maximum Gasteiger partial charge on any atom is 0.0704 e. The fourth-order valence-corrected chi connectivity index (χ4v) is 1.06. The third-order valence-electron chi connectivity index (χ3n) is 1.61. The monoisotopic (exact) mass is 193 g/mol. The van der Waals surface area contributed by atoms with Gasteiger partial charge in [0.25, 0.3) is 0 Å². The zero-order valence-electron chi connectivity index (χ0n) is 7.40. The van der Waals surface area contributed by atoms with E-state index in [1.807, 2.05) is 13.0 Å². The molecule has 0 aromatic carbocycles. The number of hydrogen-bond donors (Lipinski definition) is 1. The average molecular weight is 193 g/mol. The van der Waals surface area contributed by atoms with Crippen molar-refractivity contribution in [3.63, 3.8) is 0 Å².